The number of hydrogen-bond donors (Lipinski definition) is 2. The van der Waals surface area contributed by atoms with Gasteiger partial charge in [-0.15, -0.1) is 0 Å². The highest BCUT2D eigenvalue weighted by molar-refractivity contribution is 7.74. The molecular weight excluding hydrogens is 242 g/mol. The van der Waals surface area contributed by atoms with Gasteiger partial charge in [-0.1, -0.05) is 30.3 Å². The van der Waals surface area contributed by atoms with E-state index in [0.29, 0.717) is 5.39 Å². The zero-order chi connectivity index (χ0) is 12.4. The lowest BCUT2D eigenvalue weighted by Crippen LogP contribution is -2.14. The Morgan fingerprint density at radius 3 is 2.59 bits per heavy atom. The normalized spacial score (nSPS) is 12.3. The number of benzene rings is 2. The molecule has 0 fully saturated rings. The highest BCUT2D eigenvalue weighted by atomic mass is 32.2. The summed E-state index contributed by atoms with van der Waals surface area (Å²) in [6.45, 7) is 0. The molecule has 0 aromatic heterocycles. The van der Waals surface area contributed by atoms with E-state index in [1.165, 1.54) is 6.07 Å². The molecule has 0 heterocycles. The summed E-state index contributed by atoms with van der Waals surface area (Å²) < 4.78 is 23.9. The summed E-state index contributed by atoms with van der Waals surface area (Å²) in [6, 6.07) is 10.2. The standard InChI is InChI=1S/C11H9NO4S/c12-11(13)10-8-4-2-1-3-7(8)5-6-9(10)16-17(14)15/h1-6H,(H2,12,13)(H,14,15). The summed E-state index contributed by atoms with van der Waals surface area (Å²) in [5, 5.41) is 1.39. The number of rotatable bonds is 3. The monoisotopic (exact) mass is 251 g/mol. The number of primary amides is 1. The van der Waals surface area contributed by atoms with E-state index in [9.17, 15) is 9.00 Å². The van der Waals surface area contributed by atoms with Crippen molar-refractivity contribution in [3.05, 3.63) is 42.0 Å². The van der Waals surface area contributed by atoms with E-state index in [2.05, 4.69) is 4.18 Å². The maximum atomic E-state index is 11.4. The van der Waals surface area contributed by atoms with Crippen molar-refractivity contribution in [2.24, 2.45) is 5.73 Å². The molecule has 5 nitrogen and oxygen atoms in total. The molecule has 2 aromatic carbocycles. The van der Waals surface area contributed by atoms with Crippen molar-refractivity contribution < 1.29 is 17.7 Å². The molecular formula is C11H9NO4S. The largest absolute Gasteiger partial charge is 0.379 e. The first-order valence-corrected chi connectivity index (χ1v) is 5.73. The molecule has 1 unspecified atom stereocenters. The Labute approximate surface area is 99.7 Å². The lowest BCUT2D eigenvalue weighted by Gasteiger charge is -2.08. The lowest BCUT2D eigenvalue weighted by atomic mass is 10.0. The van der Waals surface area contributed by atoms with Gasteiger partial charge in [0.2, 0.25) is 0 Å². The van der Waals surface area contributed by atoms with Crippen molar-refractivity contribution in [2.45, 2.75) is 0 Å². The van der Waals surface area contributed by atoms with Gasteiger partial charge in [-0.3, -0.25) is 9.35 Å². The van der Waals surface area contributed by atoms with Gasteiger partial charge in [0.25, 0.3) is 5.91 Å². The highest BCUT2D eigenvalue weighted by Gasteiger charge is 2.15. The molecule has 0 aliphatic rings. The Bertz CT molecular complexity index is 611. The highest BCUT2D eigenvalue weighted by Crippen LogP contribution is 2.27. The van der Waals surface area contributed by atoms with Gasteiger partial charge < -0.3 is 9.92 Å². The molecule has 0 radical (unpaired) electrons. The molecule has 3 N–H and O–H groups in total. The average molecular weight is 251 g/mol. The predicted molar refractivity (Wildman–Crippen MR) is 63.9 cm³/mol. The van der Waals surface area contributed by atoms with Gasteiger partial charge in [-0.25, -0.2) is 0 Å². The van der Waals surface area contributed by atoms with Gasteiger partial charge in [-0.05, 0) is 16.8 Å². The van der Waals surface area contributed by atoms with Crippen LogP contribution in [0.5, 0.6) is 5.75 Å². The third kappa shape index (κ3) is 2.27. The minimum atomic E-state index is -2.49. The van der Waals surface area contributed by atoms with Crippen LogP contribution in [0.25, 0.3) is 10.8 Å². The third-order valence-electron chi connectivity index (χ3n) is 2.30. The van der Waals surface area contributed by atoms with Crippen LogP contribution in [0.1, 0.15) is 10.4 Å². The quantitative estimate of drug-likeness (QED) is 0.808. The Hall–Kier alpha value is -1.92. The van der Waals surface area contributed by atoms with Crippen LogP contribution in [0.15, 0.2) is 36.4 Å². The van der Waals surface area contributed by atoms with Crippen LogP contribution in [0.3, 0.4) is 0 Å². The van der Waals surface area contributed by atoms with Crippen LogP contribution in [0, 0.1) is 0 Å². The molecule has 0 saturated heterocycles. The van der Waals surface area contributed by atoms with Gasteiger partial charge in [0.15, 0.2) is 5.75 Å². The summed E-state index contributed by atoms with van der Waals surface area (Å²) in [7, 11) is 0. The van der Waals surface area contributed by atoms with Crippen molar-refractivity contribution in [3.63, 3.8) is 0 Å². The Kier molecular flexibility index (Phi) is 3.08. The van der Waals surface area contributed by atoms with E-state index in [-0.39, 0.29) is 11.3 Å². The molecule has 1 atom stereocenters. The van der Waals surface area contributed by atoms with Gasteiger partial charge in [0, 0.05) is 0 Å². The van der Waals surface area contributed by atoms with E-state index < -0.39 is 17.3 Å². The number of amides is 1. The van der Waals surface area contributed by atoms with Gasteiger partial charge >= 0.3 is 11.4 Å². The summed E-state index contributed by atoms with van der Waals surface area (Å²) in [6.07, 6.45) is 0. The zero-order valence-corrected chi connectivity index (χ0v) is 9.44. The van der Waals surface area contributed by atoms with Crippen molar-refractivity contribution in [2.75, 3.05) is 0 Å². The van der Waals surface area contributed by atoms with E-state index in [1.54, 1.807) is 18.2 Å². The molecule has 0 spiro atoms. The molecule has 2 aromatic rings. The minimum Gasteiger partial charge on any atom is -0.379 e. The van der Waals surface area contributed by atoms with Crippen LogP contribution in [0.4, 0.5) is 0 Å². The lowest BCUT2D eigenvalue weighted by molar-refractivity contribution is 0.100. The zero-order valence-electron chi connectivity index (χ0n) is 8.62. The molecule has 1 amide bonds. The van der Waals surface area contributed by atoms with Crippen molar-refractivity contribution >= 4 is 28.0 Å². The molecule has 88 valence electrons. The fraction of sp³-hybridized carbons (Fsp3) is 0. The van der Waals surface area contributed by atoms with E-state index in [4.69, 9.17) is 10.3 Å². The Morgan fingerprint density at radius 2 is 1.94 bits per heavy atom. The molecule has 0 saturated carbocycles. The maximum Gasteiger partial charge on any atom is 0.357 e. The van der Waals surface area contributed by atoms with Gasteiger partial charge in [0.1, 0.15) is 0 Å². The Balaban J connectivity index is 2.72. The molecule has 17 heavy (non-hydrogen) atoms. The first-order chi connectivity index (χ1) is 8.09. The smallest absolute Gasteiger partial charge is 0.357 e. The Morgan fingerprint density at radius 1 is 1.24 bits per heavy atom. The first-order valence-electron chi connectivity index (χ1n) is 4.70. The molecule has 6 heteroatoms. The van der Waals surface area contributed by atoms with Crippen LogP contribution >= 0.6 is 0 Å². The first kappa shape index (κ1) is 11.6. The minimum absolute atomic E-state index is 0.00275. The number of fused-ring (bicyclic) bond motifs is 1. The predicted octanol–water partition coefficient (Wildman–Crippen LogP) is 1.45. The second kappa shape index (κ2) is 4.52. The van der Waals surface area contributed by atoms with Gasteiger partial charge in [0.05, 0.1) is 5.56 Å². The SMILES string of the molecule is NC(=O)c1c(OS(=O)O)ccc2ccccc12. The fourth-order valence-electron chi connectivity index (χ4n) is 1.65. The van der Waals surface area contributed by atoms with E-state index in [0.717, 1.165) is 5.39 Å². The summed E-state index contributed by atoms with van der Waals surface area (Å²) >= 11 is -2.49. The topological polar surface area (TPSA) is 89.6 Å². The maximum absolute atomic E-state index is 11.4. The van der Waals surface area contributed by atoms with Crippen LogP contribution in [-0.4, -0.2) is 14.7 Å². The number of nitrogens with two attached hydrogens (primary N) is 1. The average Bonchev–Trinajstić information content (AvgIpc) is 2.27. The molecule has 0 aliphatic heterocycles. The second-order valence-corrected chi connectivity index (χ2v) is 3.93. The summed E-state index contributed by atoms with van der Waals surface area (Å²) in [5.41, 5.74) is 5.36. The fourth-order valence-corrected chi connectivity index (χ4v) is 1.94. The third-order valence-corrected chi connectivity index (χ3v) is 2.62. The summed E-state index contributed by atoms with van der Waals surface area (Å²) in [4.78, 5) is 11.4. The molecule has 2 rings (SSSR count). The van der Waals surface area contributed by atoms with Crippen LogP contribution in [-0.2, 0) is 11.4 Å². The second-order valence-electron chi connectivity index (χ2n) is 3.32. The summed E-state index contributed by atoms with van der Waals surface area (Å²) in [5.74, 6) is -0.709. The van der Waals surface area contributed by atoms with Gasteiger partial charge in [-0.2, -0.15) is 4.21 Å². The molecule has 0 bridgehead atoms. The van der Waals surface area contributed by atoms with E-state index >= 15 is 0 Å². The number of carbonyl (C=O) groups is 1. The molecule has 0 aliphatic carbocycles. The van der Waals surface area contributed by atoms with E-state index in [1.807, 2.05) is 12.1 Å². The number of hydrogen-bond acceptors (Lipinski definition) is 3. The van der Waals surface area contributed by atoms with Crippen molar-refractivity contribution in [3.8, 4) is 5.75 Å². The van der Waals surface area contributed by atoms with Crippen molar-refractivity contribution in [1.29, 1.82) is 0 Å². The number of carbonyl (C=O) groups excluding carboxylic acids is 1. The van der Waals surface area contributed by atoms with Crippen LogP contribution in [0.2, 0.25) is 0 Å². The van der Waals surface area contributed by atoms with Crippen LogP contribution < -0.4 is 9.92 Å². The van der Waals surface area contributed by atoms with Crippen molar-refractivity contribution in [1.82, 2.24) is 0 Å².